The standard InChI is InChI=1S/C10H19N/c1-8-4-5-10-9(7-8)3-2-6-11-10/h8-11H,2-7H2,1H3/t8-,9+,10+/m1/s1. The Morgan fingerprint density at radius 3 is 3.00 bits per heavy atom. The molecular weight excluding hydrogens is 134 g/mol. The minimum Gasteiger partial charge on any atom is -0.314 e. The summed E-state index contributed by atoms with van der Waals surface area (Å²) >= 11 is 0. The van der Waals surface area contributed by atoms with Crippen molar-refractivity contribution in [3.05, 3.63) is 0 Å². The monoisotopic (exact) mass is 153 g/mol. The Bertz CT molecular complexity index is 133. The first-order chi connectivity index (χ1) is 5.36. The summed E-state index contributed by atoms with van der Waals surface area (Å²) in [5.74, 6) is 2.02. The molecule has 0 aromatic carbocycles. The number of rotatable bonds is 0. The van der Waals surface area contributed by atoms with E-state index in [1.807, 2.05) is 0 Å². The lowest BCUT2D eigenvalue weighted by Gasteiger charge is -2.38. The van der Waals surface area contributed by atoms with E-state index in [0.717, 1.165) is 17.9 Å². The lowest BCUT2D eigenvalue weighted by atomic mass is 9.75. The van der Waals surface area contributed by atoms with E-state index in [0.29, 0.717) is 0 Å². The first-order valence-corrected chi connectivity index (χ1v) is 5.09. The molecule has 1 N–H and O–H groups in total. The molecule has 11 heavy (non-hydrogen) atoms. The average molecular weight is 153 g/mol. The number of piperidine rings is 1. The van der Waals surface area contributed by atoms with E-state index >= 15 is 0 Å². The molecule has 2 aliphatic rings. The molecule has 64 valence electrons. The van der Waals surface area contributed by atoms with Gasteiger partial charge in [0, 0.05) is 6.04 Å². The van der Waals surface area contributed by atoms with E-state index in [9.17, 15) is 0 Å². The number of hydrogen-bond acceptors (Lipinski definition) is 1. The molecule has 3 atom stereocenters. The Morgan fingerprint density at radius 1 is 1.18 bits per heavy atom. The van der Waals surface area contributed by atoms with Crippen molar-refractivity contribution in [2.24, 2.45) is 11.8 Å². The van der Waals surface area contributed by atoms with Crippen molar-refractivity contribution in [3.63, 3.8) is 0 Å². The minimum absolute atomic E-state index is 0.889. The zero-order chi connectivity index (χ0) is 7.68. The second-order valence-electron chi connectivity index (χ2n) is 4.38. The molecule has 1 heteroatoms. The second kappa shape index (κ2) is 3.14. The number of nitrogens with one attached hydrogen (secondary N) is 1. The Kier molecular flexibility index (Phi) is 2.17. The van der Waals surface area contributed by atoms with Crippen molar-refractivity contribution in [2.45, 2.75) is 45.1 Å². The van der Waals surface area contributed by atoms with Crippen molar-refractivity contribution < 1.29 is 0 Å². The molecule has 0 bridgehead atoms. The van der Waals surface area contributed by atoms with E-state index in [1.54, 1.807) is 0 Å². The molecular formula is C10H19N. The van der Waals surface area contributed by atoms with Gasteiger partial charge in [-0.25, -0.2) is 0 Å². The predicted molar refractivity (Wildman–Crippen MR) is 47.5 cm³/mol. The maximum atomic E-state index is 3.64. The van der Waals surface area contributed by atoms with Crippen LogP contribution in [0.3, 0.4) is 0 Å². The summed E-state index contributed by atoms with van der Waals surface area (Å²) in [4.78, 5) is 0. The van der Waals surface area contributed by atoms with E-state index in [4.69, 9.17) is 0 Å². The molecule has 1 heterocycles. The van der Waals surface area contributed by atoms with Crippen LogP contribution in [-0.2, 0) is 0 Å². The number of fused-ring (bicyclic) bond motifs is 1. The van der Waals surface area contributed by atoms with Gasteiger partial charge in [0.15, 0.2) is 0 Å². The fourth-order valence-electron chi connectivity index (χ4n) is 2.74. The zero-order valence-corrected chi connectivity index (χ0v) is 7.47. The van der Waals surface area contributed by atoms with E-state index in [1.165, 1.54) is 38.6 Å². The van der Waals surface area contributed by atoms with Gasteiger partial charge >= 0.3 is 0 Å². The topological polar surface area (TPSA) is 12.0 Å². The van der Waals surface area contributed by atoms with E-state index in [-0.39, 0.29) is 0 Å². The lowest BCUT2D eigenvalue weighted by molar-refractivity contribution is 0.173. The maximum Gasteiger partial charge on any atom is 0.00955 e. The average Bonchev–Trinajstić information content (AvgIpc) is 2.04. The smallest absolute Gasteiger partial charge is 0.00955 e. The van der Waals surface area contributed by atoms with Gasteiger partial charge in [0.25, 0.3) is 0 Å². The Hall–Kier alpha value is -0.0400. The van der Waals surface area contributed by atoms with Gasteiger partial charge < -0.3 is 5.32 Å². The summed E-state index contributed by atoms with van der Waals surface area (Å²) in [6.07, 6.45) is 7.27. The first-order valence-electron chi connectivity index (χ1n) is 5.09. The molecule has 1 saturated carbocycles. The maximum absolute atomic E-state index is 3.64. The van der Waals surface area contributed by atoms with Crippen LogP contribution in [0.5, 0.6) is 0 Å². The van der Waals surface area contributed by atoms with Gasteiger partial charge in [0.1, 0.15) is 0 Å². The van der Waals surface area contributed by atoms with Gasteiger partial charge in [-0.15, -0.1) is 0 Å². The fourth-order valence-corrected chi connectivity index (χ4v) is 2.74. The summed E-state index contributed by atoms with van der Waals surface area (Å²) in [6, 6.07) is 0.889. The summed E-state index contributed by atoms with van der Waals surface area (Å²) in [6.45, 7) is 3.68. The Balaban J connectivity index is 1.93. The van der Waals surface area contributed by atoms with Gasteiger partial charge in [0.05, 0.1) is 0 Å². The van der Waals surface area contributed by atoms with Crippen molar-refractivity contribution in [2.75, 3.05) is 6.54 Å². The number of hydrogen-bond donors (Lipinski definition) is 1. The molecule has 1 aliphatic carbocycles. The van der Waals surface area contributed by atoms with Gasteiger partial charge in [-0.05, 0) is 50.5 Å². The Labute approximate surface area is 69.6 Å². The normalized spacial score (nSPS) is 45.0. The van der Waals surface area contributed by atoms with Gasteiger partial charge in [-0.3, -0.25) is 0 Å². The largest absolute Gasteiger partial charge is 0.314 e. The van der Waals surface area contributed by atoms with Crippen LogP contribution in [0, 0.1) is 11.8 Å². The molecule has 2 fully saturated rings. The molecule has 1 nitrogen and oxygen atoms in total. The van der Waals surface area contributed by atoms with Crippen LogP contribution >= 0.6 is 0 Å². The molecule has 1 saturated heterocycles. The van der Waals surface area contributed by atoms with Gasteiger partial charge in [0.2, 0.25) is 0 Å². The van der Waals surface area contributed by atoms with Crippen molar-refractivity contribution >= 4 is 0 Å². The van der Waals surface area contributed by atoms with Gasteiger partial charge in [-0.2, -0.15) is 0 Å². The molecule has 0 aromatic rings. The quantitative estimate of drug-likeness (QED) is 0.562. The molecule has 0 amide bonds. The van der Waals surface area contributed by atoms with Crippen molar-refractivity contribution in [3.8, 4) is 0 Å². The summed E-state index contributed by atoms with van der Waals surface area (Å²) < 4.78 is 0. The summed E-state index contributed by atoms with van der Waals surface area (Å²) in [5.41, 5.74) is 0. The Morgan fingerprint density at radius 2 is 2.09 bits per heavy atom. The zero-order valence-electron chi connectivity index (χ0n) is 7.47. The molecule has 0 radical (unpaired) electrons. The molecule has 2 rings (SSSR count). The van der Waals surface area contributed by atoms with E-state index in [2.05, 4.69) is 12.2 Å². The minimum atomic E-state index is 0.889. The highest BCUT2D eigenvalue weighted by Crippen LogP contribution is 2.33. The molecule has 0 aromatic heterocycles. The first kappa shape index (κ1) is 7.60. The molecule has 0 unspecified atom stereocenters. The van der Waals surface area contributed by atoms with Crippen LogP contribution in [0.1, 0.15) is 39.0 Å². The van der Waals surface area contributed by atoms with Crippen LogP contribution in [-0.4, -0.2) is 12.6 Å². The fraction of sp³-hybridized carbons (Fsp3) is 1.00. The van der Waals surface area contributed by atoms with Crippen LogP contribution in [0.25, 0.3) is 0 Å². The van der Waals surface area contributed by atoms with Crippen LogP contribution in [0.2, 0.25) is 0 Å². The summed E-state index contributed by atoms with van der Waals surface area (Å²) in [7, 11) is 0. The third-order valence-electron chi connectivity index (χ3n) is 3.40. The highest BCUT2D eigenvalue weighted by Gasteiger charge is 2.29. The van der Waals surface area contributed by atoms with Crippen LogP contribution in [0.15, 0.2) is 0 Å². The predicted octanol–water partition coefficient (Wildman–Crippen LogP) is 2.17. The molecule has 0 spiro atoms. The summed E-state index contributed by atoms with van der Waals surface area (Å²) in [5, 5.41) is 3.64. The van der Waals surface area contributed by atoms with Gasteiger partial charge in [-0.1, -0.05) is 6.92 Å². The van der Waals surface area contributed by atoms with Crippen LogP contribution in [0.4, 0.5) is 0 Å². The third kappa shape index (κ3) is 1.58. The van der Waals surface area contributed by atoms with Crippen molar-refractivity contribution in [1.82, 2.24) is 5.32 Å². The lowest BCUT2D eigenvalue weighted by Crippen LogP contribution is -2.44. The highest BCUT2D eigenvalue weighted by atomic mass is 14.9. The van der Waals surface area contributed by atoms with Crippen molar-refractivity contribution in [1.29, 1.82) is 0 Å². The SMILES string of the molecule is C[C@@H]1CC[C@@H]2NCCC[C@H]2C1. The highest BCUT2D eigenvalue weighted by molar-refractivity contribution is 4.86. The third-order valence-corrected chi connectivity index (χ3v) is 3.40. The second-order valence-corrected chi connectivity index (χ2v) is 4.38. The van der Waals surface area contributed by atoms with Crippen LogP contribution < -0.4 is 5.32 Å². The molecule has 1 aliphatic heterocycles. The van der Waals surface area contributed by atoms with E-state index < -0.39 is 0 Å².